The number of fused-ring (bicyclic) bond motifs is 1. The molecule has 1 N–H and O–H groups in total. The summed E-state index contributed by atoms with van der Waals surface area (Å²) in [7, 11) is 3.93. The zero-order valence-electron chi connectivity index (χ0n) is 16.5. The molecule has 0 spiro atoms. The molecule has 6 heteroatoms. The number of carboxylic acids is 1. The molecule has 144 valence electrons. The van der Waals surface area contributed by atoms with Gasteiger partial charge in [-0.3, -0.25) is 4.79 Å². The number of hydrogen-bond acceptors (Lipinski definition) is 4. The van der Waals surface area contributed by atoms with Crippen molar-refractivity contribution in [2.75, 3.05) is 19.0 Å². The Hall–Kier alpha value is -3.15. The van der Waals surface area contributed by atoms with Crippen molar-refractivity contribution in [1.82, 2.24) is 9.55 Å². The van der Waals surface area contributed by atoms with Gasteiger partial charge in [0.05, 0.1) is 5.52 Å². The first-order valence-corrected chi connectivity index (χ1v) is 9.35. The molecule has 1 aliphatic carbocycles. The molecule has 3 aromatic rings. The third kappa shape index (κ3) is 2.85. The number of aromatic carboxylic acids is 1. The summed E-state index contributed by atoms with van der Waals surface area (Å²) in [6.45, 7) is 4.02. The molecule has 2 aromatic heterocycles. The number of hydrogen-bond donors (Lipinski definition) is 1. The highest BCUT2D eigenvalue weighted by Crippen LogP contribution is 2.39. The van der Waals surface area contributed by atoms with Crippen molar-refractivity contribution in [1.29, 1.82) is 0 Å². The smallest absolute Gasteiger partial charge is 0.341 e. The molecule has 4 rings (SSSR count). The topological polar surface area (TPSA) is 75.4 Å². The van der Waals surface area contributed by atoms with Crippen LogP contribution in [-0.4, -0.2) is 34.7 Å². The third-order valence-corrected chi connectivity index (χ3v) is 5.40. The molecule has 2 heterocycles. The highest BCUT2D eigenvalue weighted by Gasteiger charge is 2.28. The lowest BCUT2D eigenvalue weighted by Gasteiger charge is -2.18. The van der Waals surface area contributed by atoms with E-state index in [0.717, 1.165) is 46.4 Å². The largest absolute Gasteiger partial charge is 0.477 e. The van der Waals surface area contributed by atoms with E-state index in [1.54, 1.807) is 6.07 Å². The van der Waals surface area contributed by atoms with Crippen LogP contribution in [0.15, 0.2) is 35.4 Å². The van der Waals surface area contributed by atoms with Crippen molar-refractivity contribution < 1.29 is 9.90 Å². The van der Waals surface area contributed by atoms with Crippen molar-refractivity contribution in [3.8, 4) is 11.1 Å². The number of pyridine rings is 2. The molecule has 0 radical (unpaired) electrons. The Bertz CT molecular complexity index is 1170. The normalized spacial score (nSPS) is 13.7. The quantitative estimate of drug-likeness (QED) is 0.749. The van der Waals surface area contributed by atoms with E-state index in [0.29, 0.717) is 5.39 Å². The second-order valence-electron chi connectivity index (χ2n) is 7.71. The molecule has 28 heavy (non-hydrogen) atoms. The van der Waals surface area contributed by atoms with Crippen molar-refractivity contribution in [3.63, 3.8) is 0 Å². The zero-order valence-corrected chi connectivity index (χ0v) is 16.5. The first kappa shape index (κ1) is 18.2. The average Bonchev–Trinajstić information content (AvgIpc) is 3.47. The molecule has 0 saturated heterocycles. The Morgan fingerprint density at radius 2 is 1.96 bits per heavy atom. The van der Waals surface area contributed by atoms with Crippen LogP contribution in [0.5, 0.6) is 0 Å². The van der Waals surface area contributed by atoms with Gasteiger partial charge in [-0.15, -0.1) is 0 Å². The van der Waals surface area contributed by atoms with E-state index in [-0.39, 0.29) is 11.6 Å². The summed E-state index contributed by atoms with van der Waals surface area (Å²) in [6, 6.07) is 6.00. The number of carbonyl (C=O) groups is 1. The number of nitrogens with zero attached hydrogens (tertiary/aromatic N) is 3. The van der Waals surface area contributed by atoms with Crippen molar-refractivity contribution in [2.24, 2.45) is 0 Å². The first-order valence-electron chi connectivity index (χ1n) is 9.35. The van der Waals surface area contributed by atoms with Crippen LogP contribution in [0.25, 0.3) is 22.0 Å². The summed E-state index contributed by atoms with van der Waals surface area (Å²) >= 11 is 0. The van der Waals surface area contributed by atoms with E-state index < -0.39 is 11.4 Å². The van der Waals surface area contributed by atoms with Gasteiger partial charge < -0.3 is 14.6 Å². The Morgan fingerprint density at radius 3 is 2.54 bits per heavy atom. The lowest BCUT2D eigenvalue weighted by Crippen LogP contribution is -2.19. The molecule has 6 nitrogen and oxygen atoms in total. The molecular weight excluding hydrogens is 354 g/mol. The zero-order chi connectivity index (χ0) is 20.2. The fourth-order valence-electron chi connectivity index (χ4n) is 3.91. The number of aryl methyl sites for hydroxylation is 2. The van der Waals surface area contributed by atoms with Crippen molar-refractivity contribution in [2.45, 2.75) is 32.7 Å². The van der Waals surface area contributed by atoms with Crippen LogP contribution in [-0.2, 0) is 0 Å². The first-order chi connectivity index (χ1) is 13.3. The van der Waals surface area contributed by atoms with Crippen molar-refractivity contribution in [3.05, 3.63) is 57.5 Å². The van der Waals surface area contributed by atoms with E-state index in [4.69, 9.17) is 0 Å². The average molecular weight is 377 g/mol. The van der Waals surface area contributed by atoms with Gasteiger partial charge in [0.1, 0.15) is 11.4 Å². The summed E-state index contributed by atoms with van der Waals surface area (Å²) in [5.41, 5.74) is 4.26. The van der Waals surface area contributed by atoms with E-state index in [1.165, 1.54) is 6.20 Å². The van der Waals surface area contributed by atoms with Gasteiger partial charge in [-0.2, -0.15) is 0 Å². The molecule has 0 bridgehead atoms. The van der Waals surface area contributed by atoms with Gasteiger partial charge in [0.15, 0.2) is 0 Å². The summed E-state index contributed by atoms with van der Waals surface area (Å²) in [5, 5.41) is 9.89. The number of anilines is 1. The number of aromatic nitrogens is 2. The lowest BCUT2D eigenvalue weighted by molar-refractivity contribution is 0.0695. The maximum atomic E-state index is 12.7. The van der Waals surface area contributed by atoms with Gasteiger partial charge in [-0.25, -0.2) is 9.78 Å². The molecular formula is C22H23N3O3. The second-order valence-corrected chi connectivity index (χ2v) is 7.71. The summed E-state index contributed by atoms with van der Waals surface area (Å²) in [4.78, 5) is 30.8. The van der Waals surface area contributed by atoms with Crippen LogP contribution in [0.2, 0.25) is 0 Å². The third-order valence-electron chi connectivity index (χ3n) is 5.40. The second kappa shape index (κ2) is 6.48. The number of benzene rings is 1. The summed E-state index contributed by atoms with van der Waals surface area (Å²) < 4.78 is 1.98. The molecule has 1 aromatic carbocycles. The van der Waals surface area contributed by atoms with Crippen LogP contribution in [0.1, 0.15) is 40.4 Å². The maximum Gasteiger partial charge on any atom is 0.341 e. The highest BCUT2D eigenvalue weighted by molar-refractivity contribution is 5.95. The standard InChI is InChI=1S/C22H23N3O3/c1-12-9-14(10-23-21(12)24(3)4)16-7-8-17-19(13(16)2)25(15-5-6-15)11-18(20(17)26)22(27)28/h7-11,15H,5-6H2,1-4H3,(H,27,28). The van der Waals surface area contributed by atoms with Gasteiger partial charge in [0.25, 0.3) is 0 Å². The Labute approximate surface area is 163 Å². The summed E-state index contributed by atoms with van der Waals surface area (Å²) in [6.07, 6.45) is 5.36. The molecule has 1 aliphatic rings. The van der Waals surface area contributed by atoms with E-state index in [1.807, 2.05) is 49.7 Å². The lowest BCUT2D eigenvalue weighted by atomic mass is 9.96. The molecule has 0 aliphatic heterocycles. The van der Waals surface area contributed by atoms with Crippen LogP contribution >= 0.6 is 0 Å². The number of rotatable bonds is 4. The van der Waals surface area contributed by atoms with E-state index in [9.17, 15) is 14.7 Å². The van der Waals surface area contributed by atoms with Gasteiger partial charge in [-0.05, 0) is 55.5 Å². The molecule has 0 amide bonds. The predicted octanol–water partition coefficient (Wildman–Crippen LogP) is 3.78. The highest BCUT2D eigenvalue weighted by atomic mass is 16.4. The minimum Gasteiger partial charge on any atom is -0.477 e. The summed E-state index contributed by atoms with van der Waals surface area (Å²) in [5.74, 6) is -0.259. The Balaban J connectivity index is 1.98. The predicted molar refractivity (Wildman–Crippen MR) is 110 cm³/mol. The minimum atomic E-state index is -1.18. The SMILES string of the molecule is Cc1cc(-c2ccc3c(=O)c(C(=O)O)cn(C4CC4)c3c2C)cnc1N(C)C. The van der Waals surface area contributed by atoms with Gasteiger partial charge >= 0.3 is 5.97 Å². The monoisotopic (exact) mass is 377 g/mol. The van der Waals surface area contributed by atoms with E-state index in [2.05, 4.69) is 11.1 Å². The van der Waals surface area contributed by atoms with E-state index >= 15 is 0 Å². The van der Waals surface area contributed by atoms with Gasteiger partial charge in [0.2, 0.25) is 5.43 Å². The maximum absolute atomic E-state index is 12.7. The minimum absolute atomic E-state index is 0.167. The molecule has 0 atom stereocenters. The fourth-order valence-corrected chi connectivity index (χ4v) is 3.91. The fraction of sp³-hybridized carbons (Fsp3) is 0.318. The Morgan fingerprint density at radius 1 is 1.25 bits per heavy atom. The Kier molecular flexibility index (Phi) is 4.22. The molecule has 1 saturated carbocycles. The van der Waals surface area contributed by atoms with Gasteiger partial charge in [0, 0.05) is 43.5 Å². The molecule has 0 unspecified atom stereocenters. The van der Waals surface area contributed by atoms with Crippen molar-refractivity contribution >= 4 is 22.7 Å². The van der Waals surface area contributed by atoms with Gasteiger partial charge in [-0.1, -0.05) is 6.07 Å². The van der Waals surface area contributed by atoms with Crippen LogP contribution in [0.3, 0.4) is 0 Å². The van der Waals surface area contributed by atoms with Crippen LogP contribution in [0.4, 0.5) is 5.82 Å². The molecule has 1 fully saturated rings. The van der Waals surface area contributed by atoms with Crippen LogP contribution < -0.4 is 10.3 Å². The number of carboxylic acid groups (broad SMARTS) is 1. The van der Waals surface area contributed by atoms with Crippen LogP contribution in [0, 0.1) is 13.8 Å².